The molecule has 0 saturated heterocycles. The van der Waals surface area contributed by atoms with Crippen LogP contribution in [0.3, 0.4) is 0 Å². The minimum absolute atomic E-state index is 0.0126. The van der Waals surface area contributed by atoms with Gasteiger partial charge in [0, 0.05) is 15.5 Å². The predicted molar refractivity (Wildman–Crippen MR) is 106 cm³/mol. The van der Waals surface area contributed by atoms with E-state index in [0.29, 0.717) is 17.7 Å². The lowest BCUT2D eigenvalue weighted by Crippen LogP contribution is -2.53. The van der Waals surface area contributed by atoms with Crippen LogP contribution in [0.15, 0.2) is 18.2 Å². The molecule has 146 valence electrons. The molecule has 1 aromatic carbocycles. The average Bonchev–Trinajstić information content (AvgIpc) is 2.57. The Hall–Kier alpha value is -1.36. The van der Waals surface area contributed by atoms with E-state index in [-0.39, 0.29) is 28.1 Å². The van der Waals surface area contributed by atoms with Gasteiger partial charge < -0.3 is 9.47 Å². The van der Waals surface area contributed by atoms with Gasteiger partial charge in [-0.3, -0.25) is 9.59 Å². The van der Waals surface area contributed by atoms with E-state index in [9.17, 15) is 9.59 Å². The maximum Gasteiger partial charge on any atom is 0.306 e. The molecule has 4 saturated carbocycles. The summed E-state index contributed by atoms with van der Waals surface area (Å²) in [5.41, 5.74) is 1.45. The van der Waals surface area contributed by atoms with Crippen LogP contribution in [0.1, 0.15) is 67.8 Å². The second-order valence-electron chi connectivity index (χ2n) is 9.03. The van der Waals surface area contributed by atoms with Crippen molar-refractivity contribution in [3.63, 3.8) is 0 Å². The third kappa shape index (κ3) is 3.80. The van der Waals surface area contributed by atoms with Gasteiger partial charge in [-0.05, 0) is 80.9 Å². The number of esters is 1. The Morgan fingerprint density at radius 1 is 1.19 bits per heavy atom. The smallest absolute Gasteiger partial charge is 0.306 e. The topological polar surface area (TPSA) is 52.6 Å². The molecule has 4 atom stereocenters. The molecule has 1 aromatic rings. The number of halogens is 1. The van der Waals surface area contributed by atoms with E-state index in [1.165, 1.54) is 26.2 Å². The maximum atomic E-state index is 12.7. The number of carbonyl (C=O) groups excluding carboxylic acids is 2. The van der Waals surface area contributed by atoms with Crippen molar-refractivity contribution in [2.45, 2.75) is 62.8 Å². The van der Waals surface area contributed by atoms with Gasteiger partial charge >= 0.3 is 5.97 Å². The van der Waals surface area contributed by atoms with Gasteiger partial charge in [0.05, 0.1) is 13.5 Å². The fourth-order valence-electron chi connectivity index (χ4n) is 6.17. The number of ketones is 1. The Labute approximate surface area is 169 Å². The second kappa shape index (κ2) is 6.91. The molecule has 4 aliphatic carbocycles. The second-order valence-corrected chi connectivity index (χ2v) is 10.7. The Morgan fingerprint density at radius 3 is 2.48 bits per heavy atom. The van der Waals surface area contributed by atoms with Crippen molar-refractivity contribution in [1.82, 2.24) is 0 Å². The third-order valence-corrected chi connectivity index (χ3v) is 7.63. The molecular weight excluding hydrogens is 408 g/mol. The first kappa shape index (κ1) is 19.0. The van der Waals surface area contributed by atoms with Crippen LogP contribution in [-0.2, 0) is 16.1 Å². The first-order valence-corrected chi connectivity index (χ1v) is 10.6. The molecule has 4 nitrogen and oxygen atoms in total. The van der Waals surface area contributed by atoms with Gasteiger partial charge in [0.1, 0.15) is 12.4 Å². The minimum Gasteiger partial charge on any atom is -0.496 e. The monoisotopic (exact) mass is 434 g/mol. The molecule has 0 N–H and O–H groups in total. The number of rotatable bonds is 6. The Kier molecular flexibility index (Phi) is 4.86. The van der Waals surface area contributed by atoms with Gasteiger partial charge in [-0.25, -0.2) is 0 Å². The molecule has 27 heavy (non-hydrogen) atoms. The van der Waals surface area contributed by atoms with Crippen LogP contribution >= 0.6 is 15.9 Å². The van der Waals surface area contributed by atoms with Crippen molar-refractivity contribution < 1.29 is 19.1 Å². The SMILES string of the molecule is COc1ccc(C(C)=O)cc1COC(=O)CC12C[C@@H]3C[C@@H](CC(Br)(C3)C1)C2. The lowest BCUT2D eigenvalue weighted by molar-refractivity contribution is -0.152. The minimum atomic E-state index is -0.136. The first-order valence-electron chi connectivity index (χ1n) is 9.82. The highest BCUT2D eigenvalue weighted by molar-refractivity contribution is 9.10. The number of alkyl halides is 1. The Morgan fingerprint density at radius 2 is 1.89 bits per heavy atom. The summed E-state index contributed by atoms with van der Waals surface area (Å²) in [6.45, 7) is 1.67. The van der Waals surface area contributed by atoms with Crippen molar-refractivity contribution in [3.8, 4) is 5.75 Å². The molecule has 4 bridgehead atoms. The van der Waals surface area contributed by atoms with Crippen LogP contribution in [0.4, 0.5) is 0 Å². The fourth-order valence-corrected chi connectivity index (χ4v) is 7.68. The Bertz CT molecular complexity index is 758. The normalized spacial score (nSPS) is 33.7. The van der Waals surface area contributed by atoms with E-state index in [0.717, 1.165) is 36.7 Å². The molecule has 0 amide bonds. The number of ether oxygens (including phenoxy) is 2. The zero-order chi connectivity index (χ0) is 19.2. The standard InChI is InChI=1S/C22H27BrO4/c1-14(24)17-3-4-19(26-2)18(6-17)12-27-20(25)11-21-7-15-5-16(8-21)10-22(23,9-15)13-21/h3-4,6,15-16H,5,7-13H2,1-2H3/t15-,16+,21?,22?. The number of carbonyl (C=O) groups is 2. The summed E-state index contributed by atoms with van der Waals surface area (Å²) in [5, 5.41) is 0. The highest BCUT2D eigenvalue weighted by Gasteiger charge is 2.57. The van der Waals surface area contributed by atoms with E-state index < -0.39 is 0 Å². The highest BCUT2D eigenvalue weighted by Crippen LogP contribution is 2.65. The van der Waals surface area contributed by atoms with E-state index in [1.807, 2.05) is 0 Å². The van der Waals surface area contributed by atoms with Gasteiger partial charge in [-0.2, -0.15) is 0 Å². The number of Topliss-reactive ketones (excluding diaryl/α,β-unsaturated/α-hetero) is 1. The van der Waals surface area contributed by atoms with Crippen molar-refractivity contribution in [2.75, 3.05) is 7.11 Å². The van der Waals surface area contributed by atoms with Gasteiger partial charge in [0.25, 0.3) is 0 Å². The number of methoxy groups -OCH3 is 1. The maximum absolute atomic E-state index is 12.7. The first-order chi connectivity index (χ1) is 12.8. The third-order valence-electron chi connectivity index (χ3n) is 6.71. The van der Waals surface area contributed by atoms with Crippen molar-refractivity contribution in [3.05, 3.63) is 29.3 Å². The quantitative estimate of drug-likeness (QED) is 0.356. The lowest BCUT2D eigenvalue weighted by Gasteiger charge is -2.60. The molecule has 5 rings (SSSR count). The molecule has 0 spiro atoms. The molecule has 0 radical (unpaired) electrons. The molecule has 0 aliphatic heterocycles. The van der Waals surface area contributed by atoms with E-state index in [2.05, 4.69) is 15.9 Å². The van der Waals surface area contributed by atoms with Crippen molar-refractivity contribution >= 4 is 27.7 Å². The summed E-state index contributed by atoms with van der Waals surface area (Å²) in [4.78, 5) is 24.3. The summed E-state index contributed by atoms with van der Waals surface area (Å²) in [6, 6.07) is 5.25. The largest absolute Gasteiger partial charge is 0.496 e. The van der Waals surface area contributed by atoms with Crippen molar-refractivity contribution in [1.29, 1.82) is 0 Å². The van der Waals surface area contributed by atoms with Crippen LogP contribution in [0.25, 0.3) is 0 Å². The highest BCUT2D eigenvalue weighted by atomic mass is 79.9. The molecular formula is C22H27BrO4. The van der Waals surface area contributed by atoms with Gasteiger partial charge in [-0.1, -0.05) is 15.9 Å². The lowest BCUT2D eigenvalue weighted by atomic mass is 9.49. The van der Waals surface area contributed by atoms with Gasteiger partial charge in [0.15, 0.2) is 5.78 Å². The summed E-state index contributed by atoms with van der Waals surface area (Å²) in [5.74, 6) is 2.00. The van der Waals surface area contributed by atoms with Crippen LogP contribution < -0.4 is 4.74 Å². The number of hydrogen-bond donors (Lipinski definition) is 0. The van der Waals surface area contributed by atoms with Crippen LogP contribution in [0.2, 0.25) is 0 Å². The summed E-state index contributed by atoms with van der Waals surface area (Å²) in [6.07, 6.45) is 7.77. The molecule has 4 aliphatic rings. The zero-order valence-corrected chi connectivity index (χ0v) is 17.6. The number of hydrogen-bond acceptors (Lipinski definition) is 4. The van der Waals surface area contributed by atoms with E-state index in [1.54, 1.807) is 25.3 Å². The van der Waals surface area contributed by atoms with Crippen molar-refractivity contribution in [2.24, 2.45) is 17.3 Å². The zero-order valence-electron chi connectivity index (χ0n) is 16.1. The molecule has 4 fully saturated rings. The molecule has 0 aromatic heterocycles. The molecule has 5 heteroatoms. The summed E-state index contributed by atoms with van der Waals surface area (Å²) >= 11 is 4.00. The summed E-state index contributed by atoms with van der Waals surface area (Å²) in [7, 11) is 1.58. The fraction of sp³-hybridized carbons (Fsp3) is 0.636. The molecule has 2 unspecified atom stereocenters. The van der Waals surface area contributed by atoms with Crippen LogP contribution in [0, 0.1) is 17.3 Å². The van der Waals surface area contributed by atoms with Crippen LogP contribution in [0.5, 0.6) is 5.75 Å². The Balaban J connectivity index is 1.42. The number of benzene rings is 1. The predicted octanol–water partition coefficient (Wildman–Crippen LogP) is 5.07. The molecule has 0 heterocycles. The van der Waals surface area contributed by atoms with Crippen LogP contribution in [-0.4, -0.2) is 23.2 Å². The van der Waals surface area contributed by atoms with E-state index >= 15 is 0 Å². The summed E-state index contributed by atoms with van der Waals surface area (Å²) < 4.78 is 11.2. The van der Waals surface area contributed by atoms with Gasteiger partial charge in [0.2, 0.25) is 0 Å². The van der Waals surface area contributed by atoms with E-state index in [4.69, 9.17) is 9.47 Å². The van der Waals surface area contributed by atoms with Gasteiger partial charge in [-0.15, -0.1) is 0 Å². The average molecular weight is 435 g/mol.